The summed E-state index contributed by atoms with van der Waals surface area (Å²) in [6.45, 7) is 3.66. The Hall–Kier alpha value is -2.93. The van der Waals surface area contributed by atoms with Crippen LogP contribution in [0.1, 0.15) is 24.5 Å². The summed E-state index contributed by atoms with van der Waals surface area (Å²) < 4.78 is 5.10. The van der Waals surface area contributed by atoms with E-state index in [4.69, 9.17) is 17.0 Å². The predicted octanol–water partition coefficient (Wildman–Crippen LogP) is 3.41. The van der Waals surface area contributed by atoms with E-state index in [1.807, 2.05) is 37.3 Å². The van der Waals surface area contributed by atoms with Gasteiger partial charge in [0, 0.05) is 17.8 Å². The van der Waals surface area contributed by atoms with Gasteiger partial charge in [-0.1, -0.05) is 25.1 Å². The number of benzene rings is 2. The number of methoxy groups -OCH3 is 1. The smallest absolute Gasteiger partial charge is 0.230 e. The molecule has 0 heterocycles. The molecule has 3 N–H and O–H groups in total. The van der Waals surface area contributed by atoms with Gasteiger partial charge in [0.2, 0.25) is 11.8 Å². The van der Waals surface area contributed by atoms with Crippen LogP contribution in [0.15, 0.2) is 42.5 Å². The van der Waals surface area contributed by atoms with Crippen molar-refractivity contribution in [3.63, 3.8) is 0 Å². The topological polar surface area (TPSA) is 79.5 Å². The van der Waals surface area contributed by atoms with Crippen LogP contribution < -0.4 is 20.7 Å². The Kier molecular flexibility index (Phi) is 7.31. The molecule has 0 saturated heterocycles. The zero-order valence-electron chi connectivity index (χ0n) is 15.6. The zero-order valence-corrected chi connectivity index (χ0v) is 16.4. The first-order valence-electron chi connectivity index (χ1n) is 8.56. The molecule has 142 valence electrons. The number of hydrogen-bond acceptors (Lipinski definition) is 4. The van der Waals surface area contributed by atoms with Gasteiger partial charge in [0.25, 0.3) is 0 Å². The third-order valence-electron chi connectivity index (χ3n) is 3.95. The maximum atomic E-state index is 12.2. The van der Waals surface area contributed by atoms with Crippen LogP contribution in [0.4, 0.5) is 11.4 Å². The third kappa shape index (κ3) is 6.07. The highest BCUT2D eigenvalue weighted by Crippen LogP contribution is 2.23. The van der Waals surface area contributed by atoms with Gasteiger partial charge in [0.1, 0.15) is 5.75 Å². The molecule has 0 atom stereocenters. The second kappa shape index (κ2) is 9.68. The second-order valence-corrected chi connectivity index (χ2v) is 6.32. The number of ether oxygens (including phenoxy) is 1. The largest absolute Gasteiger partial charge is 0.497 e. The number of carbonyl (C=O) groups excluding carboxylic acids is 2. The zero-order chi connectivity index (χ0) is 19.8. The normalized spacial score (nSPS) is 10.0. The van der Waals surface area contributed by atoms with E-state index in [9.17, 15) is 9.59 Å². The molecule has 0 aliphatic heterocycles. The first-order valence-corrected chi connectivity index (χ1v) is 8.97. The van der Waals surface area contributed by atoms with Gasteiger partial charge in [-0.25, -0.2) is 0 Å². The van der Waals surface area contributed by atoms with Crippen molar-refractivity contribution in [1.29, 1.82) is 0 Å². The highest BCUT2D eigenvalue weighted by atomic mass is 32.1. The Morgan fingerprint density at radius 3 is 2.22 bits per heavy atom. The number of carbonyl (C=O) groups is 2. The van der Waals surface area contributed by atoms with Crippen LogP contribution in [-0.4, -0.2) is 24.0 Å². The van der Waals surface area contributed by atoms with Crippen molar-refractivity contribution >= 4 is 40.5 Å². The van der Waals surface area contributed by atoms with Crippen LogP contribution in [-0.2, 0) is 16.0 Å². The number of nitrogens with one attached hydrogen (secondary N) is 3. The lowest BCUT2D eigenvalue weighted by Crippen LogP contribution is -2.35. The fourth-order valence-electron chi connectivity index (χ4n) is 2.40. The highest BCUT2D eigenvalue weighted by Gasteiger charge is 2.10. The van der Waals surface area contributed by atoms with E-state index in [1.165, 1.54) is 0 Å². The van der Waals surface area contributed by atoms with Crippen LogP contribution in [0.3, 0.4) is 0 Å². The fraction of sp³-hybridized carbons (Fsp3) is 0.250. The number of thiocarbonyl (C=S) groups is 1. The minimum atomic E-state index is -0.217. The standard InChI is InChI=1S/C20H23N3O3S/c1-4-18(24)21-16-6-5-7-17(13(16)2)22-20(27)23-19(25)12-14-8-10-15(26-3)11-9-14/h5-11H,4,12H2,1-3H3,(H,21,24)(H2,22,23,25,27). The molecule has 2 aromatic carbocycles. The number of rotatable bonds is 6. The summed E-state index contributed by atoms with van der Waals surface area (Å²) in [6.07, 6.45) is 0.605. The Morgan fingerprint density at radius 2 is 1.63 bits per heavy atom. The van der Waals surface area contributed by atoms with Crippen molar-refractivity contribution in [2.24, 2.45) is 0 Å². The Labute approximate surface area is 164 Å². The number of amides is 2. The molecule has 0 aliphatic rings. The lowest BCUT2D eigenvalue weighted by atomic mass is 10.1. The molecule has 0 radical (unpaired) electrons. The van der Waals surface area contributed by atoms with Gasteiger partial charge < -0.3 is 20.7 Å². The van der Waals surface area contributed by atoms with Gasteiger partial charge in [0.05, 0.1) is 13.5 Å². The van der Waals surface area contributed by atoms with Crippen molar-refractivity contribution in [2.75, 3.05) is 17.7 Å². The summed E-state index contributed by atoms with van der Waals surface area (Å²) in [7, 11) is 1.59. The van der Waals surface area contributed by atoms with Crippen molar-refractivity contribution in [3.8, 4) is 5.75 Å². The van der Waals surface area contributed by atoms with Gasteiger partial charge in [-0.15, -0.1) is 0 Å². The molecule has 7 heteroatoms. The van der Waals surface area contributed by atoms with Crippen LogP contribution >= 0.6 is 12.2 Å². The van der Waals surface area contributed by atoms with Gasteiger partial charge in [-0.2, -0.15) is 0 Å². The summed E-state index contributed by atoms with van der Waals surface area (Å²) in [5.74, 6) is 0.457. The molecule has 2 rings (SSSR count). The van der Waals surface area contributed by atoms with E-state index in [0.29, 0.717) is 12.1 Å². The van der Waals surface area contributed by atoms with Crippen LogP contribution in [0.5, 0.6) is 5.75 Å². The molecule has 27 heavy (non-hydrogen) atoms. The lowest BCUT2D eigenvalue weighted by Gasteiger charge is -2.15. The molecule has 2 amide bonds. The number of anilines is 2. The van der Waals surface area contributed by atoms with Crippen molar-refractivity contribution in [1.82, 2.24) is 5.32 Å². The monoisotopic (exact) mass is 385 g/mol. The Morgan fingerprint density at radius 1 is 1.00 bits per heavy atom. The van der Waals surface area contributed by atoms with Crippen molar-refractivity contribution in [2.45, 2.75) is 26.7 Å². The molecule has 0 aliphatic carbocycles. The quantitative estimate of drug-likeness (QED) is 0.664. The first-order chi connectivity index (χ1) is 12.9. The molecule has 0 bridgehead atoms. The number of hydrogen-bond donors (Lipinski definition) is 3. The van der Waals surface area contributed by atoms with E-state index in [1.54, 1.807) is 26.2 Å². The molecule has 0 fully saturated rings. The summed E-state index contributed by atoms with van der Waals surface area (Å²) in [4.78, 5) is 23.8. The minimum absolute atomic E-state index is 0.0642. The highest BCUT2D eigenvalue weighted by molar-refractivity contribution is 7.80. The Balaban J connectivity index is 1.95. The Bertz CT molecular complexity index is 835. The van der Waals surface area contributed by atoms with E-state index >= 15 is 0 Å². The molecular formula is C20H23N3O3S. The summed E-state index contributed by atoms with van der Waals surface area (Å²) in [5.41, 5.74) is 3.13. The molecule has 0 aromatic heterocycles. The summed E-state index contributed by atoms with van der Waals surface area (Å²) in [5, 5.41) is 8.71. The fourth-order valence-corrected chi connectivity index (χ4v) is 2.62. The first kappa shape index (κ1) is 20.4. The van der Waals surface area contributed by atoms with Gasteiger partial charge in [-0.05, 0) is 54.5 Å². The average Bonchev–Trinajstić information content (AvgIpc) is 2.65. The third-order valence-corrected chi connectivity index (χ3v) is 4.16. The lowest BCUT2D eigenvalue weighted by molar-refractivity contribution is -0.119. The molecule has 0 spiro atoms. The average molecular weight is 385 g/mol. The molecular weight excluding hydrogens is 362 g/mol. The minimum Gasteiger partial charge on any atom is -0.497 e. The van der Waals surface area contributed by atoms with Gasteiger partial charge in [-0.3, -0.25) is 9.59 Å². The summed E-state index contributed by atoms with van der Waals surface area (Å²) >= 11 is 5.23. The van der Waals surface area contributed by atoms with Gasteiger partial charge >= 0.3 is 0 Å². The molecule has 0 saturated carbocycles. The van der Waals surface area contributed by atoms with E-state index in [-0.39, 0.29) is 23.3 Å². The maximum Gasteiger partial charge on any atom is 0.230 e. The predicted molar refractivity (Wildman–Crippen MR) is 111 cm³/mol. The van der Waals surface area contributed by atoms with Crippen molar-refractivity contribution in [3.05, 3.63) is 53.6 Å². The molecule has 6 nitrogen and oxygen atoms in total. The molecule has 2 aromatic rings. The van der Waals surface area contributed by atoms with Crippen molar-refractivity contribution < 1.29 is 14.3 Å². The summed E-state index contributed by atoms with van der Waals surface area (Å²) in [6, 6.07) is 12.7. The SMILES string of the molecule is CCC(=O)Nc1cccc(NC(=S)NC(=O)Cc2ccc(OC)cc2)c1C. The van der Waals surface area contributed by atoms with Crippen LogP contribution in [0.25, 0.3) is 0 Å². The maximum absolute atomic E-state index is 12.2. The van der Waals surface area contributed by atoms with E-state index < -0.39 is 0 Å². The van der Waals surface area contributed by atoms with E-state index in [0.717, 1.165) is 22.6 Å². The van der Waals surface area contributed by atoms with E-state index in [2.05, 4.69) is 16.0 Å². The van der Waals surface area contributed by atoms with Crippen LogP contribution in [0, 0.1) is 6.92 Å². The van der Waals surface area contributed by atoms with Gasteiger partial charge in [0.15, 0.2) is 5.11 Å². The second-order valence-electron chi connectivity index (χ2n) is 5.91. The molecule has 0 unspecified atom stereocenters. The van der Waals surface area contributed by atoms with Crippen LogP contribution in [0.2, 0.25) is 0 Å².